The van der Waals surface area contributed by atoms with Crippen LogP contribution in [0.3, 0.4) is 0 Å². The lowest BCUT2D eigenvalue weighted by molar-refractivity contribution is 0.669. The van der Waals surface area contributed by atoms with Crippen LogP contribution in [0.2, 0.25) is 0 Å². The highest BCUT2D eigenvalue weighted by Crippen LogP contribution is 2.63. The van der Waals surface area contributed by atoms with Crippen molar-refractivity contribution in [3.8, 4) is 44.5 Å². The normalized spacial score (nSPS) is 13.0. The largest absolute Gasteiger partial charge is 0.456 e. The molecular weight excluding hydrogens is 739 g/mol. The Balaban J connectivity index is 1.16. The summed E-state index contributed by atoms with van der Waals surface area (Å²) < 4.78 is 6.65. The molecule has 0 N–H and O–H groups in total. The van der Waals surface area contributed by atoms with E-state index in [2.05, 4.69) is 229 Å². The molecule has 0 amide bonds. The van der Waals surface area contributed by atoms with Crippen LogP contribution in [0.5, 0.6) is 0 Å². The molecule has 2 aliphatic rings. The highest BCUT2D eigenvalue weighted by molar-refractivity contribution is 6.17. The smallest absolute Gasteiger partial charge is 0.136 e. The maximum absolute atomic E-state index is 6.65. The lowest BCUT2D eigenvalue weighted by Crippen LogP contribution is -2.26. The molecule has 61 heavy (non-hydrogen) atoms. The summed E-state index contributed by atoms with van der Waals surface area (Å²) in [5.41, 5.74) is 19.6. The van der Waals surface area contributed by atoms with Gasteiger partial charge in [-0.3, -0.25) is 0 Å². The van der Waals surface area contributed by atoms with Crippen molar-refractivity contribution in [3.63, 3.8) is 0 Å². The maximum atomic E-state index is 6.65. The molecule has 0 atom stereocenters. The first-order chi connectivity index (χ1) is 30.3. The summed E-state index contributed by atoms with van der Waals surface area (Å²) in [6, 6.07) is 82.4. The predicted octanol–water partition coefficient (Wildman–Crippen LogP) is 15.9. The van der Waals surface area contributed by atoms with Crippen LogP contribution >= 0.6 is 0 Å². The van der Waals surface area contributed by atoms with E-state index < -0.39 is 5.41 Å². The molecule has 0 bridgehead atoms. The molecule has 0 saturated heterocycles. The summed E-state index contributed by atoms with van der Waals surface area (Å²) in [6.07, 6.45) is 0. The topological polar surface area (TPSA) is 16.4 Å². The minimum absolute atomic E-state index is 0.481. The van der Waals surface area contributed by atoms with E-state index in [1.54, 1.807) is 0 Å². The van der Waals surface area contributed by atoms with Gasteiger partial charge in [-0.05, 0) is 109 Å². The summed E-state index contributed by atoms with van der Waals surface area (Å²) in [7, 11) is 0. The van der Waals surface area contributed by atoms with Gasteiger partial charge in [0, 0.05) is 27.6 Å². The Morgan fingerprint density at radius 1 is 0.344 bits per heavy atom. The molecule has 0 unspecified atom stereocenters. The third kappa shape index (κ3) is 4.79. The summed E-state index contributed by atoms with van der Waals surface area (Å²) in [6.45, 7) is 0. The minimum atomic E-state index is -0.481. The summed E-state index contributed by atoms with van der Waals surface area (Å²) in [5, 5.41) is 4.61. The number of benzene rings is 10. The van der Waals surface area contributed by atoms with Gasteiger partial charge in [0.1, 0.15) is 11.2 Å². The quantitative estimate of drug-likeness (QED) is 0.173. The molecule has 11 aromatic rings. The van der Waals surface area contributed by atoms with Crippen molar-refractivity contribution in [2.45, 2.75) is 5.41 Å². The Labute approximate surface area is 354 Å². The first kappa shape index (κ1) is 34.0. The van der Waals surface area contributed by atoms with Gasteiger partial charge in [0.2, 0.25) is 0 Å². The van der Waals surface area contributed by atoms with Crippen LogP contribution in [0.25, 0.3) is 77.2 Å². The monoisotopic (exact) mass is 775 g/mol. The van der Waals surface area contributed by atoms with Gasteiger partial charge in [-0.1, -0.05) is 182 Å². The average molecular weight is 776 g/mol. The zero-order valence-electron chi connectivity index (χ0n) is 33.2. The fourth-order valence-corrected chi connectivity index (χ4v) is 10.8. The summed E-state index contributed by atoms with van der Waals surface area (Å²) in [5.74, 6) is 0. The van der Waals surface area contributed by atoms with E-state index in [0.717, 1.165) is 61.3 Å². The summed E-state index contributed by atoms with van der Waals surface area (Å²) in [4.78, 5) is 2.51. The molecule has 0 fully saturated rings. The Hall–Kier alpha value is -7.94. The van der Waals surface area contributed by atoms with Gasteiger partial charge >= 0.3 is 0 Å². The number of nitrogens with zero attached hydrogens (tertiary/aromatic N) is 1. The van der Waals surface area contributed by atoms with E-state index in [0.29, 0.717) is 0 Å². The van der Waals surface area contributed by atoms with Crippen molar-refractivity contribution in [2.24, 2.45) is 0 Å². The number of anilines is 3. The number of hydrogen-bond donors (Lipinski definition) is 0. The van der Waals surface area contributed by atoms with Crippen molar-refractivity contribution in [1.29, 1.82) is 0 Å². The van der Waals surface area contributed by atoms with Crippen molar-refractivity contribution in [3.05, 3.63) is 247 Å². The van der Waals surface area contributed by atoms with Crippen molar-refractivity contribution < 1.29 is 4.42 Å². The van der Waals surface area contributed by atoms with Crippen molar-refractivity contribution in [2.75, 3.05) is 4.90 Å². The van der Waals surface area contributed by atoms with E-state index in [-0.39, 0.29) is 0 Å². The van der Waals surface area contributed by atoms with E-state index >= 15 is 0 Å². The second kappa shape index (κ2) is 13.0. The van der Waals surface area contributed by atoms with E-state index in [4.69, 9.17) is 4.42 Å². The van der Waals surface area contributed by atoms with Gasteiger partial charge in [0.15, 0.2) is 0 Å². The first-order valence-electron chi connectivity index (χ1n) is 21.1. The molecule has 1 spiro atoms. The van der Waals surface area contributed by atoms with E-state index in [1.165, 1.54) is 55.3 Å². The molecule has 1 aromatic heterocycles. The van der Waals surface area contributed by atoms with Crippen LogP contribution in [-0.2, 0) is 5.41 Å². The van der Waals surface area contributed by atoms with Gasteiger partial charge in [0.05, 0.1) is 16.8 Å². The number of hydrogen-bond acceptors (Lipinski definition) is 2. The van der Waals surface area contributed by atoms with Crippen LogP contribution in [0.4, 0.5) is 17.1 Å². The van der Waals surface area contributed by atoms with E-state index in [1.807, 2.05) is 0 Å². The predicted molar refractivity (Wildman–Crippen MR) is 253 cm³/mol. The molecule has 0 radical (unpaired) electrons. The Bertz CT molecular complexity index is 3490. The maximum Gasteiger partial charge on any atom is 0.136 e. The molecule has 2 nitrogen and oxygen atoms in total. The number of para-hydroxylation sites is 2. The Morgan fingerprint density at radius 2 is 0.934 bits per heavy atom. The van der Waals surface area contributed by atoms with Crippen LogP contribution in [0, 0.1) is 0 Å². The number of rotatable bonds is 5. The number of furan rings is 1. The fourth-order valence-electron chi connectivity index (χ4n) is 10.8. The van der Waals surface area contributed by atoms with Gasteiger partial charge in [-0.25, -0.2) is 0 Å². The molecule has 1 heterocycles. The molecule has 13 rings (SSSR count). The highest BCUT2D eigenvalue weighted by Gasteiger charge is 2.51. The SMILES string of the molecule is c1ccc(-c2ccccc2N(c2ccc3c(c2)C2(c4ccccc4-c4ccccc42)c2ccccc2-3)c2ccc3oc4ccccc4c3c2-c2ccc3ccccc3c2)cc1. The summed E-state index contributed by atoms with van der Waals surface area (Å²) >= 11 is 0. The Kier molecular flexibility index (Phi) is 7.26. The molecule has 0 saturated carbocycles. The molecular formula is C59H37NO. The van der Waals surface area contributed by atoms with Gasteiger partial charge in [0.25, 0.3) is 0 Å². The van der Waals surface area contributed by atoms with Gasteiger partial charge in [-0.15, -0.1) is 0 Å². The molecule has 10 aromatic carbocycles. The molecule has 0 aliphatic heterocycles. The molecule has 2 aliphatic carbocycles. The minimum Gasteiger partial charge on any atom is -0.456 e. The standard InChI is InChI=1S/C59H37NO/c1-2-17-39(18-3-1)43-20-9-14-28-53(43)60(54-34-35-56-58(48-24-10-15-29-55(48)61-56)57(54)41-31-30-38-16-4-5-19-40(38)36-41)42-32-33-47-46-23-8-13-27-51(46)59(52(47)37-42)49-25-11-6-21-44(49)45-22-7-12-26-50(45)59/h1-37H. The van der Waals surface area contributed by atoms with Gasteiger partial charge in [-0.2, -0.15) is 0 Å². The first-order valence-corrected chi connectivity index (χ1v) is 21.1. The van der Waals surface area contributed by atoms with Gasteiger partial charge < -0.3 is 9.32 Å². The second-order valence-electron chi connectivity index (χ2n) is 16.3. The van der Waals surface area contributed by atoms with E-state index in [9.17, 15) is 0 Å². The fraction of sp³-hybridized carbons (Fsp3) is 0.0169. The zero-order chi connectivity index (χ0) is 40.1. The highest BCUT2D eigenvalue weighted by atomic mass is 16.3. The average Bonchev–Trinajstić information content (AvgIpc) is 3.96. The zero-order valence-corrected chi connectivity index (χ0v) is 33.2. The van der Waals surface area contributed by atoms with Crippen molar-refractivity contribution >= 4 is 49.8 Å². The van der Waals surface area contributed by atoms with Crippen LogP contribution in [0.1, 0.15) is 22.3 Å². The molecule has 284 valence electrons. The second-order valence-corrected chi connectivity index (χ2v) is 16.3. The van der Waals surface area contributed by atoms with Crippen LogP contribution < -0.4 is 4.90 Å². The molecule has 2 heteroatoms. The van der Waals surface area contributed by atoms with Crippen LogP contribution in [-0.4, -0.2) is 0 Å². The number of fused-ring (bicyclic) bond motifs is 14. The Morgan fingerprint density at radius 3 is 1.67 bits per heavy atom. The lowest BCUT2D eigenvalue weighted by atomic mass is 9.70. The third-order valence-electron chi connectivity index (χ3n) is 13.3. The van der Waals surface area contributed by atoms with Crippen LogP contribution in [0.15, 0.2) is 229 Å². The van der Waals surface area contributed by atoms with Crippen molar-refractivity contribution in [1.82, 2.24) is 0 Å². The third-order valence-corrected chi connectivity index (χ3v) is 13.3. The lowest BCUT2D eigenvalue weighted by Gasteiger charge is -2.33.